The molecule has 1 atom stereocenters. The molecule has 2 rings (SSSR count). The number of benzene rings is 2. The van der Waals surface area contributed by atoms with E-state index in [2.05, 4.69) is 33.2 Å². The van der Waals surface area contributed by atoms with Crippen LogP contribution < -0.4 is 10.6 Å². The Morgan fingerprint density at radius 1 is 1.04 bits per heavy atom. The second-order valence-corrected chi connectivity index (χ2v) is 8.16. The van der Waals surface area contributed by atoms with Crippen LogP contribution in [0, 0.1) is 23.3 Å². The zero-order valence-corrected chi connectivity index (χ0v) is 17.8. The van der Waals surface area contributed by atoms with Gasteiger partial charge in [0.25, 0.3) is 5.91 Å². The summed E-state index contributed by atoms with van der Waals surface area (Å²) in [4.78, 5) is 25.4. The third kappa shape index (κ3) is 5.56. The highest BCUT2D eigenvalue weighted by atomic mass is 127. The molecule has 0 fully saturated rings. The van der Waals surface area contributed by atoms with E-state index in [4.69, 9.17) is 0 Å². The maximum absolute atomic E-state index is 12.8. The van der Waals surface area contributed by atoms with Crippen molar-refractivity contribution in [1.82, 2.24) is 5.32 Å². The Hall–Kier alpha value is -1.89. The van der Waals surface area contributed by atoms with Crippen molar-refractivity contribution in [2.45, 2.75) is 40.2 Å². The number of halogens is 1. The lowest BCUT2D eigenvalue weighted by Crippen LogP contribution is -2.44. The highest BCUT2D eigenvalue weighted by Crippen LogP contribution is 2.19. The molecule has 0 bridgehead atoms. The van der Waals surface area contributed by atoms with E-state index >= 15 is 0 Å². The summed E-state index contributed by atoms with van der Waals surface area (Å²) in [6, 6.07) is 12.7. The fourth-order valence-corrected chi connectivity index (χ4v) is 3.40. The van der Waals surface area contributed by atoms with Gasteiger partial charge < -0.3 is 10.6 Å². The second-order valence-electron chi connectivity index (χ2n) is 6.92. The number of nitrogens with one attached hydrogen (secondary N) is 2. The molecule has 0 saturated heterocycles. The Bertz CT molecular complexity index is 802. The molecule has 0 aliphatic rings. The van der Waals surface area contributed by atoms with E-state index in [-0.39, 0.29) is 17.7 Å². The molecule has 0 saturated carbocycles. The van der Waals surface area contributed by atoms with E-state index in [1.165, 1.54) is 0 Å². The van der Waals surface area contributed by atoms with Crippen LogP contribution in [0.15, 0.2) is 42.5 Å². The Kier molecular flexibility index (Phi) is 7.20. The van der Waals surface area contributed by atoms with Crippen LogP contribution in [0.25, 0.3) is 0 Å². The monoisotopic (exact) mass is 464 g/mol. The van der Waals surface area contributed by atoms with Crippen LogP contribution in [0.1, 0.15) is 41.8 Å². The molecule has 0 spiro atoms. The highest BCUT2D eigenvalue weighted by Gasteiger charge is 2.23. The molecule has 26 heavy (non-hydrogen) atoms. The maximum atomic E-state index is 12.8. The highest BCUT2D eigenvalue weighted by molar-refractivity contribution is 14.1. The first-order valence-electron chi connectivity index (χ1n) is 8.71. The van der Waals surface area contributed by atoms with Gasteiger partial charge in [0.2, 0.25) is 5.91 Å². The fraction of sp³-hybridized carbons (Fsp3) is 0.333. The Balaban J connectivity index is 2.16. The number of carbonyl (C=O) groups is 2. The zero-order chi connectivity index (χ0) is 19.3. The van der Waals surface area contributed by atoms with Gasteiger partial charge in [-0.25, -0.2) is 0 Å². The van der Waals surface area contributed by atoms with Gasteiger partial charge in [0, 0.05) is 14.8 Å². The quantitative estimate of drug-likeness (QED) is 0.610. The van der Waals surface area contributed by atoms with Crippen molar-refractivity contribution >= 4 is 40.1 Å². The molecule has 2 aromatic carbocycles. The lowest BCUT2D eigenvalue weighted by Gasteiger charge is -2.21. The summed E-state index contributed by atoms with van der Waals surface area (Å²) in [5.74, 6) is -0.131. The van der Waals surface area contributed by atoms with Gasteiger partial charge in [0.15, 0.2) is 0 Å². The summed E-state index contributed by atoms with van der Waals surface area (Å²) in [5, 5.41) is 5.86. The minimum atomic E-state index is -0.583. The number of amides is 2. The van der Waals surface area contributed by atoms with Crippen LogP contribution >= 0.6 is 22.6 Å². The standard InChI is InChI=1S/C21H25IN2O2/c1-13(2)11-19(24-20(25)17-8-6-5-7-14(17)3)21(26)23-18-10-9-16(22)12-15(18)4/h5-10,12-13,19H,11H2,1-4H3,(H,23,26)(H,24,25). The Morgan fingerprint density at radius 3 is 2.35 bits per heavy atom. The van der Waals surface area contributed by atoms with Crippen LogP contribution in [-0.2, 0) is 4.79 Å². The molecule has 138 valence electrons. The van der Waals surface area contributed by atoms with E-state index in [1.54, 1.807) is 6.07 Å². The van der Waals surface area contributed by atoms with Gasteiger partial charge in [-0.1, -0.05) is 32.0 Å². The molecular formula is C21H25IN2O2. The number of aryl methyl sites for hydroxylation is 2. The molecule has 5 heteroatoms. The average Bonchev–Trinajstić information content (AvgIpc) is 2.56. The molecule has 0 radical (unpaired) electrons. The van der Waals surface area contributed by atoms with Gasteiger partial charge in [0.1, 0.15) is 6.04 Å². The van der Waals surface area contributed by atoms with Crippen molar-refractivity contribution in [3.63, 3.8) is 0 Å². The molecule has 2 N–H and O–H groups in total. The van der Waals surface area contributed by atoms with E-state index in [1.807, 2.05) is 64.1 Å². The van der Waals surface area contributed by atoms with Gasteiger partial charge >= 0.3 is 0 Å². The summed E-state index contributed by atoms with van der Waals surface area (Å²) >= 11 is 2.24. The van der Waals surface area contributed by atoms with Crippen LogP contribution in [0.3, 0.4) is 0 Å². The predicted molar refractivity (Wildman–Crippen MR) is 114 cm³/mol. The van der Waals surface area contributed by atoms with Crippen molar-refractivity contribution in [2.75, 3.05) is 5.32 Å². The van der Waals surface area contributed by atoms with Crippen molar-refractivity contribution in [3.05, 3.63) is 62.7 Å². The van der Waals surface area contributed by atoms with Gasteiger partial charge in [-0.3, -0.25) is 9.59 Å². The van der Waals surface area contributed by atoms with Crippen molar-refractivity contribution in [2.24, 2.45) is 5.92 Å². The van der Waals surface area contributed by atoms with E-state index < -0.39 is 6.04 Å². The largest absolute Gasteiger partial charge is 0.340 e. The lowest BCUT2D eigenvalue weighted by atomic mass is 10.0. The number of carbonyl (C=O) groups excluding carboxylic acids is 2. The van der Waals surface area contributed by atoms with Crippen LogP contribution in [0.4, 0.5) is 5.69 Å². The molecule has 2 amide bonds. The summed E-state index contributed by atoms with van der Waals surface area (Å²) in [5.41, 5.74) is 3.26. The topological polar surface area (TPSA) is 58.2 Å². The minimum Gasteiger partial charge on any atom is -0.340 e. The smallest absolute Gasteiger partial charge is 0.252 e. The number of anilines is 1. The molecule has 0 aromatic heterocycles. The summed E-state index contributed by atoms with van der Waals surface area (Å²) in [7, 11) is 0. The molecule has 4 nitrogen and oxygen atoms in total. The Morgan fingerprint density at radius 2 is 1.73 bits per heavy atom. The third-order valence-electron chi connectivity index (χ3n) is 4.16. The summed E-state index contributed by atoms with van der Waals surface area (Å²) in [6.07, 6.45) is 0.576. The summed E-state index contributed by atoms with van der Waals surface area (Å²) < 4.78 is 1.12. The van der Waals surface area contributed by atoms with Gasteiger partial charge in [-0.15, -0.1) is 0 Å². The number of rotatable bonds is 6. The predicted octanol–water partition coefficient (Wildman–Crippen LogP) is 4.69. The average molecular weight is 464 g/mol. The molecule has 2 aromatic rings. The molecule has 1 unspecified atom stereocenters. The lowest BCUT2D eigenvalue weighted by molar-refractivity contribution is -0.118. The first kappa shape index (κ1) is 20.4. The zero-order valence-electron chi connectivity index (χ0n) is 15.6. The molecule has 0 heterocycles. The van der Waals surface area contributed by atoms with Crippen LogP contribution in [0.5, 0.6) is 0 Å². The minimum absolute atomic E-state index is 0.190. The van der Waals surface area contributed by atoms with Crippen LogP contribution in [0.2, 0.25) is 0 Å². The molecule has 0 aliphatic heterocycles. The fourth-order valence-electron chi connectivity index (χ4n) is 2.75. The van der Waals surface area contributed by atoms with Gasteiger partial charge in [-0.05, 0) is 84.2 Å². The Labute approximate surface area is 168 Å². The molecule has 0 aliphatic carbocycles. The maximum Gasteiger partial charge on any atom is 0.252 e. The second kappa shape index (κ2) is 9.16. The van der Waals surface area contributed by atoms with Gasteiger partial charge in [0.05, 0.1) is 0 Å². The SMILES string of the molecule is Cc1cc(I)ccc1NC(=O)C(CC(C)C)NC(=O)c1ccccc1C. The first-order chi connectivity index (χ1) is 12.3. The third-order valence-corrected chi connectivity index (χ3v) is 4.84. The van der Waals surface area contributed by atoms with E-state index in [9.17, 15) is 9.59 Å². The first-order valence-corrected chi connectivity index (χ1v) is 9.79. The number of hydrogen-bond donors (Lipinski definition) is 2. The molecular weight excluding hydrogens is 439 g/mol. The van der Waals surface area contributed by atoms with E-state index in [0.717, 1.165) is 20.4 Å². The normalized spacial score (nSPS) is 11.9. The van der Waals surface area contributed by atoms with Crippen molar-refractivity contribution < 1.29 is 9.59 Å². The van der Waals surface area contributed by atoms with E-state index in [0.29, 0.717) is 12.0 Å². The van der Waals surface area contributed by atoms with Crippen molar-refractivity contribution in [3.8, 4) is 0 Å². The van der Waals surface area contributed by atoms with Crippen LogP contribution in [-0.4, -0.2) is 17.9 Å². The van der Waals surface area contributed by atoms with Crippen molar-refractivity contribution in [1.29, 1.82) is 0 Å². The number of hydrogen-bond acceptors (Lipinski definition) is 2. The van der Waals surface area contributed by atoms with Gasteiger partial charge in [-0.2, -0.15) is 0 Å². The summed E-state index contributed by atoms with van der Waals surface area (Å²) in [6.45, 7) is 7.93.